The van der Waals surface area contributed by atoms with Gasteiger partial charge in [-0.15, -0.1) is 0 Å². The number of aliphatic carboxylic acids is 1. The molecule has 1 saturated carbocycles. The van der Waals surface area contributed by atoms with Crippen molar-refractivity contribution in [2.24, 2.45) is 5.92 Å². The van der Waals surface area contributed by atoms with Crippen molar-refractivity contribution in [3.05, 3.63) is 29.8 Å². The third kappa shape index (κ3) is 2.51. The van der Waals surface area contributed by atoms with Gasteiger partial charge in [-0.3, -0.25) is 4.79 Å². The van der Waals surface area contributed by atoms with Crippen molar-refractivity contribution in [2.45, 2.75) is 31.3 Å². The van der Waals surface area contributed by atoms with Crippen molar-refractivity contribution in [2.75, 3.05) is 0 Å². The maximum absolute atomic E-state index is 11.3. The zero-order valence-electron chi connectivity index (χ0n) is 8.93. The van der Waals surface area contributed by atoms with Crippen molar-refractivity contribution in [3.63, 3.8) is 0 Å². The van der Waals surface area contributed by atoms with Crippen LogP contribution in [0.3, 0.4) is 0 Å². The number of ether oxygens (including phenoxy) is 1. The Kier molecular flexibility index (Phi) is 3.81. The molecule has 1 aromatic rings. The van der Waals surface area contributed by atoms with Crippen molar-refractivity contribution >= 4 is 35.5 Å². The number of benzene rings is 1. The summed E-state index contributed by atoms with van der Waals surface area (Å²) in [5.74, 6) is 0.213. The summed E-state index contributed by atoms with van der Waals surface area (Å²) in [6, 6.07) is 7.50. The molecule has 1 aromatic carbocycles. The number of fused-ring (bicyclic) bond motifs is 1. The normalized spacial score (nSPS) is 26.4. The van der Waals surface area contributed by atoms with E-state index in [2.05, 4.69) is 0 Å². The van der Waals surface area contributed by atoms with E-state index in [0.717, 1.165) is 11.3 Å². The molecule has 0 spiro atoms. The quantitative estimate of drug-likeness (QED) is 0.804. The molecule has 2 unspecified atom stereocenters. The van der Waals surface area contributed by atoms with Gasteiger partial charge in [0.05, 0.1) is 5.92 Å². The Bertz CT molecular complexity index is 428. The number of carboxylic acids is 1. The van der Waals surface area contributed by atoms with Gasteiger partial charge in [0.15, 0.2) is 0 Å². The van der Waals surface area contributed by atoms with Gasteiger partial charge in [0.25, 0.3) is 0 Å². The van der Waals surface area contributed by atoms with Crippen molar-refractivity contribution in [1.82, 2.24) is 0 Å². The Morgan fingerprint density at radius 2 is 2.00 bits per heavy atom. The standard InChI is InChI=1S/C13H14O3.Na.H/c14-13(15)10-7-12(8-5-6-8)16-11-4-2-1-3-9(10)11;;/h1-4,8,10,12H,5-7H2,(H,14,15);;. The van der Waals surface area contributed by atoms with Crippen LogP contribution in [0.5, 0.6) is 5.75 Å². The second kappa shape index (κ2) is 5.01. The van der Waals surface area contributed by atoms with Crippen LogP contribution in [0.1, 0.15) is 30.7 Å². The number of hydrogen-bond acceptors (Lipinski definition) is 2. The minimum absolute atomic E-state index is 0. The van der Waals surface area contributed by atoms with Gasteiger partial charge < -0.3 is 9.84 Å². The summed E-state index contributed by atoms with van der Waals surface area (Å²) in [5.41, 5.74) is 0.826. The number of carboxylic acid groups (broad SMARTS) is 1. The van der Waals surface area contributed by atoms with E-state index >= 15 is 0 Å². The molecule has 1 aliphatic carbocycles. The van der Waals surface area contributed by atoms with Gasteiger partial charge in [0.2, 0.25) is 0 Å². The second-order valence-corrected chi connectivity index (χ2v) is 4.66. The third-order valence-corrected chi connectivity index (χ3v) is 3.49. The van der Waals surface area contributed by atoms with Gasteiger partial charge in [-0.25, -0.2) is 0 Å². The third-order valence-electron chi connectivity index (χ3n) is 3.49. The summed E-state index contributed by atoms with van der Waals surface area (Å²) in [6.45, 7) is 0. The zero-order chi connectivity index (χ0) is 11.1. The van der Waals surface area contributed by atoms with Crippen LogP contribution in [0.15, 0.2) is 24.3 Å². The van der Waals surface area contributed by atoms with Crippen LogP contribution in [0.25, 0.3) is 0 Å². The van der Waals surface area contributed by atoms with Crippen LogP contribution in [0, 0.1) is 5.92 Å². The molecule has 3 nitrogen and oxygen atoms in total. The molecular weight excluding hydrogens is 227 g/mol. The number of para-hydroxylation sites is 1. The Hall–Kier alpha value is -0.510. The van der Waals surface area contributed by atoms with E-state index in [-0.39, 0.29) is 35.7 Å². The first-order valence-corrected chi connectivity index (χ1v) is 5.74. The molecular formula is C13H15NaO3. The van der Waals surface area contributed by atoms with E-state index in [1.165, 1.54) is 12.8 Å². The number of rotatable bonds is 2. The summed E-state index contributed by atoms with van der Waals surface area (Å²) < 4.78 is 5.87. The van der Waals surface area contributed by atoms with Crippen molar-refractivity contribution < 1.29 is 14.6 Å². The van der Waals surface area contributed by atoms with Crippen LogP contribution in [0.2, 0.25) is 0 Å². The molecule has 2 atom stereocenters. The van der Waals surface area contributed by atoms with Crippen LogP contribution in [-0.2, 0) is 4.79 Å². The fourth-order valence-electron chi connectivity index (χ4n) is 2.44. The molecule has 17 heavy (non-hydrogen) atoms. The SMILES string of the molecule is O=C(O)C1CC(C2CC2)Oc2ccccc21.[NaH]. The first kappa shape index (κ1) is 12.9. The van der Waals surface area contributed by atoms with Gasteiger partial charge >= 0.3 is 35.5 Å². The van der Waals surface area contributed by atoms with Crippen molar-refractivity contribution in [3.8, 4) is 5.75 Å². The molecule has 0 saturated heterocycles. The first-order valence-electron chi connectivity index (χ1n) is 5.74. The Balaban J connectivity index is 0.00000108. The Morgan fingerprint density at radius 1 is 1.29 bits per heavy atom. The van der Waals surface area contributed by atoms with Crippen LogP contribution in [-0.4, -0.2) is 46.7 Å². The summed E-state index contributed by atoms with van der Waals surface area (Å²) in [7, 11) is 0. The predicted molar refractivity (Wildman–Crippen MR) is 65.7 cm³/mol. The molecule has 3 rings (SSSR count). The molecule has 0 radical (unpaired) electrons. The average molecular weight is 242 g/mol. The minimum atomic E-state index is -0.735. The van der Waals surface area contributed by atoms with Gasteiger partial charge in [-0.05, 0) is 24.8 Å². The molecule has 0 aromatic heterocycles. The fraction of sp³-hybridized carbons (Fsp3) is 0.462. The maximum atomic E-state index is 11.3. The summed E-state index contributed by atoms with van der Waals surface area (Å²) in [5, 5.41) is 9.25. The van der Waals surface area contributed by atoms with E-state index in [1.54, 1.807) is 0 Å². The molecule has 1 fully saturated rings. The van der Waals surface area contributed by atoms with Gasteiger partial charge in [-0.2, -0.15) is 0 Å². The first-order chi connectivity index (χ1) is 7.75. The molecule has 0 amide bonds. The molecule has 1 aliphatic heterocycles. The average Bonchev–Trinajstić information content (AvgIpc) is 3.11. The Morgan fingerprint density at radius 3 is 2.65 bits per heavy atom. The topological polar surface area (TPSA) is 46.5 Å². The zero-order valence-corrected chi connectivity index (χ0v) is 8.93. The second-order valence-electron chi connectivity index (χ2n) is 4.66. The molecule has 0 bridgehead atoms. The van der Waals surface area contributed by atoms with Gasteiger partial charge in [0.1, 0.15) is 11.9 Å². The molecule has 4 heteroatoms. The number of carbonyl (C=O) groups is 1. The van der Waals surface area contributed by atoms with Gasteiger partial charge in [0, 0.05) is 12.0 Å². The summed E-state index contributed by atoms with van der Waals surface area (Å²) in [4.78, 5) is 11.3. The van der Waals surface area contributed by atoms with E-state index in [1.807, 2.05) is 24.3 Å². The summed E-state index contributed by atoms with van der Waals surface area (Å²) >= 11 is 0. The molecule has 2 aliphatic rings. The predicted octanol–water partition coefficient (Wildman–Crippen LogP) is 1.77. The van der Waals surface area contributed by atoms with E-state index in [4.69, 9.17) is 4.74 Å². The molecule has 1 N–H and O–H groups in total. The molecule has 86 valence electrons. The van der Waals surface area contributed by atoms with Crippen molar-refractivity contribution in [1.29, 1.82) is 0 Å². The van der Waals surface area contributed by atoms with Crippen LogP contribution in [0.4, 0.5) is 0 Å². The van der Waals surface area contributed by atoms with E-state index in [9.17, 15) is 9.90 Å². The molecule has 1 heterocycles. The summed E-state index contributed by atoms with van der Waals surface area (Å²) in [6.07, 6.45) is 3.09. The van der Waals surface area contributed by atoms with Crippen LogP contribution < -0.4 is 4.74 Å². The fourth-order valence-corrected chi connectivity index (χ4v) is 2.44. The van der Waals surface area contributed by atoms with Crippen LogP contribution >= 0.6 is 0 Å². The number of hydrogen-bond donors (Lipinski definition) is 1. The Labute approximate surface area is 122 Å². The monoisotopic (exact) mass is 242 g/mol. The van der Waals surface area contributed by atoms with E-state index < -0.39 is 11.9 Å². The van der Waals surface area contributed by atoms with E-state index in [0.29, 0.717) is 12.3 Å². The van der Waals surface area contributed by atoms with Gasteiger partial charge in [-0.1, -0.05) is 18.2 Å².